The molecule has 0 aromatic carbocycles. The first-order chi connectivity index (χ1) is 6.77. The van der Waals surface area contributed by atoms with Gasteiger partial charge in [-0.2, -0.15) is 0 Å². The first kappa shape index (κ1) is 9.48. The highest BCUT2D eigenvalue weighted by Gasteiger charge is 2.23. The Morgan fingerprint density at radius 2 is 2.36 bits per heavy atom. The molecule has 14 heavy (non-hydrogen) atoms. The van der Waals surface area contributed by atoms with E-state index < -0.39 is 0 Å². The zero-order valence-corrected chi connectivity index (χ0v) is 8.67. The molecule has 1 aromatic heterocycles. The van der Waals surface area contributed by atoms with Gasteiger partial charge < -0.3 is 4.90 Å². The maximum atomic E-state index is 11.6. The van der Waals surface area contributed by atoms with E-state index in [1.165, 1.54) is 9.89 Å². The second-order valence-corrected chi connectivity index (χ2v) is 4.36. The number of hydrogen-bond acceptors (Lipinski definition) is 3. The Hall–Kier alpha value is -1.07. The Balaban J connectivity index is 2.00. The number of amides is 2. The van der Waals surface area contributed by atoms with Crippen molar-refractivity contribution in [2.24, 2.45) is 5.84 Å². The molecule has 2 rings (SSSR count). The molecule has 0 radical (unpaired) electrons. The SMILES string of the molecule is NN1CCCN(Cc2cccs2)C1=O. The summed E-state index contributed by atoms with van der Waals surface area (Å²) >= 11 is 1.67. The molecule has 2 amide bonds. The molecule has 5 heteroatoms. The Bertz CT molecular complexity index is 312. The smallest absolute Gasteiger partial charge is 0.318 e. The minimum atomic E-state index is -0.0651. The summed E-state index contributed by atoms with van der Waals surface area (Å²) in [5.74, 6) is 5.54. The zero-order valence-electron chi connectivity index (χ0n) is 7.85. The van der Waals surface area contributed by atoms with Gasteiger partial charge in [-0.1, -0.05) is 6.07 Å². The van der Waals surface area contributed by atoms with E-state index in [0.29, 0.717) is 13.1 Å². The van der Waals surface area contributed by atoms with Crippen molar-refractivity contribution < 1.29 is 4.79 Å². The van der Waals surface area contributed by atoms with E-state index in [4.69, 9.17) is 5.84 Å². The molecule has 1 aliphatic heterocycles. The van der Waals surface area contributed by atoms with Crippen molar-refractivity contribution in [1.29, 1.82) is 0 Å². The van der Waals surface area contributed by atoms with Crippen LogP contribution in [-0.4, -0.2) is 29.0 Å². The van der Waals surface area contributed by atoms with Gasteiger partial charge in [-0.05, 0) is 17.9 Å². The molecule has 0 atom stereocenters. The van der Waals surface area contributed by atoms with Gasteiger partial charge in [0.05, 0.1) is 6.54 Å². The molecule has 76 valence electrons. The molecule has 1 aliphatic rings. The monoisotopic (exact) mass is 211 g/mol. The Morgan fingerprint density at radius 3 is 3.07 bits per heavy atom. The van der Waals surface area contributed by atoms with Crippen LogP contribution in [0.4, 0.5) is 4.79 Å². The Kier molecular flexibility index (Phi) is 2.69. The summed E-state index contributed by atoms with van der Waals surface area (Å²) in [6.45, 7) is 2.16. The standard InChI is InChI=1S/C9H13N3OS/c10-12-5-2-4-11(9(12)13)7-8-3-1-6-14-8/h1,3,6H,2,4-5,7,10H2. The number of hydrazine groups is 1. The number of carbonyl (C=O) groups is 1. The minimum Gasteiger partial charge on any atom is -0.318 e. The summed E-state index contributed by atoms with van der Waals surface area (Å²) in [5, 5.41) is 3.31. The third-order valence-corrected chi connectivity index (χ3v) is 3.13. The van der Waals surface area contributed by atoms with Gasteiger partial charge in [-0.25, -0.2) is 10.6 Å². The number of hydrogen-bond donors (Lipinski definition) is 1. The molecule has 2 N–H and O–H groups in total. The lowest BCUT2D eigenvalue weighted by atomic mass is 10.3. The van der Waals surface area contributed by atoms with E-state index in [-0.39, 0.29) is 6.03 Å². The molecule has 0 spiro atoms. The molecule has 0 aliphatic carbocycles. The van der Waals surface area contributed by atoms with Crippen LogP contribution >= 0.6 is 11.3 Å². The van der Waals surface area contributed by atoms with Crippen molar-refractivity contribution in [3.8, 4) is 0 Å². The lowest BCUT2D eigenvalue weighted by molar-refractivity contribution is 0.127. The van der Waals surface area contributed by atoms with E-state index in [9.17, 15) is 4.79 Å². The van der Waals surface area contributed by atoms with Gasteiger partial charge in [0.1, 0.15) is 0 Å². The van der Waals surface area contributed by atoms with Crippen molar-refractivity contribution in [3.05, 3.63) is 22.4 Å². The highest BCUT2D eigenvalue weighted by molar-refractivity contribution is 7.09. The van der Waals surface area contributed by atoms with Gasteiger partial charge in [-0.3, -0.25) is 5.01 Å². The normalized spacial score (nSPS) is 17.6. The highest BCUT2D eigenvalue weighted by Crippen LogP contribution is 2.15. The van der Waals surface area contributed by atoms with Crippen LogP contribution in [0.2, 0.25) is 0 Å². The van der Waals surface area contributed by atoms with Crippen molar-refractivity contribution >= 4 is 17.4 Å². The van der Waals surface area contributed by atoms with Crippen LogP contribution in [0.15, 0.2) is 17.5 Å². The summed E-state index contributed by atoms with van der Waals surface area (Å²) in [6, 6.07) is 3.96. The average Bonchev–Trinajstić information content (AvgIpc) is 2.66. The van der Waals surface area contributed by atoms with Crippen molar-refractivity contribution in [1.82, 2.24) is 9.91 Å². The maximum absolute atomic E-state index is 11.6. The van der Waals surface area contributed by atoms with Crippen molar-refractivity contribution in [3.63, 3.8) is 0 Å². The van der Waals surface area contributed by atoms with Gasteiger partial charge >= 0.3 is 6.03 Å². The molecule has 1 aromatic rings. The molecular formula is C9H13N3OS. The predicted octanol–water partition coefficient (Wildman–Crippen LogP) is 1.25. The lowest BCUT2D eigenvalue weighted by Gasteiger charge is -2.32. The summed E-state index contributed by atoms with van der Waals surface area (Å²) in [6.07, 6.45) is 0.952. The second kappa shape index (κ2) is 3.98. The number of nitrogens with zero attached hydrogens (tertiary/aromatic N) is 2. The van der Waals surface area contributed by atoms with Crippen molar-refractivity contribution in [2.75, 3.05) is 13.1 Å². The van der Waals surface area contributed by atoms with Crippen molar-refractivity contribution in [2.45, 2.75) is 13.0 Å². The van der Waals surface area contributed by atoms with Crippen LogP contribution in [0.25, 0.3) is 0 Å². The predicted molar refractivity (Wildman–Crippen MR) is 55.6 cm³/mol. The Labute approximate surface area is 86.9 Å². The molecule has 4 nitrogen and oxygen atoms in total. The fourth-order valence-corrected chi connectivity index (χ4v) is 2.26. The number of carbonyl (C=O) groups excluding carboxylic acids is 1. The molecule has 0 bridgehead atoms. The van der Waals surface area contributed by atoms with E-state index in [0.717, 1.165) is 13.0 Å². The first-order valence-electron chi connectivity index (χ1n) is 4.61. The van der Waals surface area contributed by atoms with Crippen LogP contribution in [-0.2, 0) is 6.54 Å². The topological polar surface area (TPSA) is 49.6 Å². The third-order valence-electron chi connectivity index (χ3n) is 2.27. The van der Waals surface area contributed by atoms with E-state index >= 15 is 0 Å². The summed E-state index contributed by atoms with van der Waals surface area (Å²) < 4.78 is 0. The molecule has 1 saturated heterocycles. The first-order valence-corrected chi connectivity index (χ1v) is 5.49. The van der Waals surface area contributed by atoms with Crippen LogP contribution in [0.1, 0.15) is 11.3 Å². The van der Waals surface area contributed by atoms with Gasteiger partial charge in [-0.15, -0.1) is 11.3 Å². The fraction of sp³-hybridized carbons (Fsp3) is 0.444. The van der Waals surface area contributed by atoms with Crippen LogP contribution in [0, 0.1) is 0 Å². The zero-order chi connectivity index (χ0) is 9.97. The van der Waals surface area contributed by atoms with Gasteiger partial charge in [0.2, 0.25) is 0 Å². The Morgan fingerprint density at radius 1 is 1.50 bits per heavy atom. The summed E-state index contributed by atoms with van der Waals surface area (Å²) in [5.41, 5.74) is 0. The molecule has 0 unspecified atom stereocenters. The van der Waals surface area contributed by atoms with Crippen LogP contribution < -0.4 is 5.84 Å². The number of urea groups is 1. The molecular weight excluding hydrogens is 198 g/mol. The maximum Gasteiger partial charge on any atom is 0.334 e. The lowest BCUT2D eigenvalue weighted by Crippen LogP contribution is -2.51. The van der Waals surface area contributed by atoms with Crippen LogP contribution in [0.3, 0.4) is 0 Å². The quantitative estimate of drug-likeness (QED) is 0.591. The van der Waals surface area contributed by atoms with E-state index in [2.05, 4.69) is 0 Å². The minimum absolute atomic E-state index is 0.0651. The highest BCUT2D eigenvalue weighted by atomic mass is 32.1. The molecule has 0 saturated carbocycles. The number of nitrogens with two attached hydrogens (primary N) is 1. The fourth-order valence-electron chi connectivity index (χ4n) is 1.54. The largest absolute Gasteiger partial charge is 0.334 e. The molecule has 1 fully saturated rings. The van der Waals surface area contributed by atoms with E-state index in [1.807, 2.05) is 17.5 Å². The summed E-state index contributed by atoms with van der Waals surface area (Å²) in [4.78, 5) is 14.6. The summed E-state index contributed by atoms with van der Waals surface area (Å²) in [7, 11) is 0. The van der Waals surface area contributed by atoms with Gasteiger partial charge in [0.15, 0.2) is 0 Å². The average molecular weight is 211 g/mol. The van der Waals surface area contributed by atoms with Gasteiger partial charge in [0, 0.05) is 18.0 Å². The van der Waals surface area contributed by atoms with Crippen LogP contribution in [0.5, 0.6) is 0 Å². The number of thiophene rings is 1. The van der Waals surface area contributed by atoms with Gasteiger partial charge in [0.25, 0.3) is 0 Å². The second-order valence-electron chi connectivity index (χ2n) is 3.33. The van der Waals surface area contributed by atoms with E-state index in [1.54, 1.807) is 16.2 Å². The third kappa shape index (κ3) is 1.88. The number of rotatable bonds is 2. The molecule has 2 heterocycles.